The highest BCUT2D eigenvalue weighted by atomic mass is 16.5. The summed E-state index contributed by atoms with van der Waals surface area (Å²) < 4.78 is 6.63. The summed E-state index contributed by atoms with van der Waals surface area (Å²) in [5, 5.41) is 0.453. The van der Waals surface area contributed by atoms with Crippen molar-refractivity contribution in [3.63, 3.8) is 0 Å². The highest BCUT2D eigenvalue weighted by Gasteiger charge is 2.16. The van der Waals surface area contributed by atoms with Gasteiger partial charge in [-0.2, -0.15) is 0 Å². The summed E-state index contributed by atoms with van der Waals surface area (Å²) in [7, 11) is 0. The molecular weight excluding hydrogens is 356 g/mol. The van der Waals surface area contributed by atoms with Crippen molar-refractivity contribution in [2.24, 2.45) is 0 Å². The third kappa shape index (κ3) is 3.71. The van der Waals surface area contributed by atoms with E-state index in [9.17, 15) is 14.4 Å². The van der Waals surface area contributed by atoms with E-state index in [4.69, 9.17) is 4.74 Å². The van der Waals surface area contributed by atoms with E-state index in [1.54, 1.807) is 24.3 Å². The van der Waals surface area contributed by atoms with E-state index in [0.29, 0.717) is 16.5 Å². The number of nitrogens with zero attached hydrogens (tertiary/aromatic N) is 2. The van der Waals surface area contributed by atoms with Gasteiger partial charge in [0.15, 0.2) is 5.78 Å². The van der Waals surface area contributed by atoms with Gasteiger partial charge in [0, 0.05) is 5.56 Å². The Morgan fingerprint density at radius 3 is 2.54 bits per heavy atom. The van der Waals surface area contributed by atoms with Gasteiger partial charge in [-0.15, -0.1) is 0 Å². The Labute approximate surface area is 162 Å². The molecule has 0 bridgehead atoms. The molecule has 144 valence electrons. The number of carbonyl (C=O) groups is 2. The Hall–Kier alpha value is -3.28. The predicted molar refractivity (Wildman–Crippen MR) is 106 cm³/mol. The number of hydrogen-bond acceptors (Lipinski definition) is 5. The third-order valence-corrected chi connectivity index (χ3v) is 4.89. The predicted octanol–water partition coefficient (Wildman–Crippen LogP) is 3.27. The molecule has 3 rings (SSSR count). The number of Topliss-reactive ketones (excluding diaryl/α,β-unsaturated/α-hetero) is 1. The van der Waals surface area contributed by atoms with Crippen molar-refractivity contribution in [2.75, 3.05) is 0 Å². The molecule has 3 aromatic rings. The Morgan fingerprint density at radius 1 is 1.11 bits per heavy atom. The number of esters is 1. The molecule has 0 unspecified atom stereocenters. The van der Waals surface area contributed by atoms with Crippen LogP contribution in [0.2, 0.25) is 0 Å². The van der Waals surface area contributed by atoms with Crippen LogP contribution in [-0.4, -0.2) is 21.3 Å². The Balaban J connectivity index is 1.79. The summed E-state index contributed by atoms with van der Waals surface area (Å²) in [6.07, 6.45) is 1.35. The number of benzene rings is 2. The molecule has 1 heterocycles. The minimum atomic E-state index is -0.539. The molecule has 0 saturated carbocycles. The second kappa shape index (κ2) is 7.76. The van der Waals surface area contributed by atoms with Crippen LogP contribution in [0.25, 0.3) is 10.9 Å². The molecule has 0 amide bonds. The lowest BCUT2D eigenvalue weighted by molar-refractivity contribution is -0.145. The SMILES string of the molecule is CC(=O)c1c(C)cc(C)c(COC(=O)Cn2cnc3ccccc3c2=O)c1C. The quantitative estimate of drug-likeness (QED) is 0.503. The molecule has 0 aliphatic heterocycles. The van der Waals surface area contributed by atoms with Gasteiger partial charge >= 0.3 is 5.97 Å². The normalized spacial score (nSPS) is 10.9. The topological polar surface area (TPSA) is 78.3 Å². The summed E-state index contributed by atoms with van der Waals surface area (Å²) in [5.74, 6) is -0.556. The molecule has 0 atom stereocenters. The fourth-order valence-electron chi connectivity index (χ4n) is 3.55. The van der Waals surface area contributed by atoms with Gasteiger partial charge in [-0.05, 0) is 62.1 Å². The fourth-order valence-corrected chi connectivity index (χ4v) is 3.55. The summed E-state index contributed by atoms with van der Waals surface area (Å²) in [6, 6.07) is 8.90. The highest BCUT2D eigenvalue weighted by Crippen LogP contribution is 2.23. The summed E-state index contributed by atoms with van der Waals surface area (Å²) in [4.78, 5) is 40.9. The van der Waals surface area contributed by atoms with Crippen LogP contribution < -0.4 is 5.56 Å². The zero-order valence-electron chi connectivity index (χ0n) is 16.4. The molecule has 0 aliphatic rings. The van der Waals surface area contributed by atoms with Crippen molar-refractivity contribution in [3.05, 3.63) is 74.8 Å². The van der Waals surface area contributed by atoms with Crippen LogP contribution in [0, 0.1) is 20.8 Å². The van der Waals surface area contributed by atoms with E-state index < -0.39 is 5.97 Å². The second-order valence-electron chi connectivity index (χ2n) is 6.90. The Kier molecular flexibility index (Phi) is 5.40. The first-order valence-electron chi connectivity index (χ1n) is 9.00. The maximum absolute atomic E-state index is 12.5. The van der Waals surface area contributed by atoms with E-state index in [0.717, 1.165) is 22.3 Å². The van der Waals surface area contributed by atoms with Crippen LogP contribution >= 0.6 is 0 Å². The molecule has 6 nitrogen and oxygen atoms in total. The number of ketones is 1. The number of hydrogen-bond donors (Lipinski definition) is 0. The maximum Gasteiger partial charge on any atom is 0.326 e. The summed E-state index contributed by atoms with van der Waals surface area (Å²) in [5.41, 5.74) is 4.45. The van der Waals surface area contributed by atoms with Gasteiger partial charge in [0.05, 0.1) is 17.2 Å². The molecule has 0 radical (unpaired) electrons. The third-order valence-electron chi connectivity index (χ3n) is 4.89. The number of rotatable bonds is 5. The number of aryl methyl sites for hydroxylation is 2. The van der Waals surface area contributed by atoms with Crippen molar-refractivity contribution >= 4 is 22.7 Å². The Morgan fingerprint density at radius 2 is 1.82 bits per heavy atom. The minimum Gasteiger partial charge on any atom is -0.459 e. The first-order valence-corrected chi connectivity index (χ1v) is 9.00. The van der Waals surface area contributed by atoms with Crippen LogP contribution in [0.3, 0.4) is 0 Å². The number of carbonyl (C=O) groups excluding carboxylic acids is 2. The first kappa shape index (κ1) is 19.5. The molecule has 1 aromatic heterocycles. The Bertz CT molecular complexity index is 1150. The molecular formula is C22H22N2O4. The number of aromatic nitrogens is 2. The van der Waals surface area contributed by atoms with Crippen molar-refractivity contribution in [3.8, 4) is 0 Å². The number of para-hydroxylation sites is 1. The summed E-state index contributed by atoms with van der Waals surface area (Å²) >= 11 is 0. The average molecular weight is 378 g/mol. The fraction of sp³-hybridized carbons (Fsp3) is 0.273. The largest absolute Gasteiger partial charge is 0.459 e. The van der Waals surface area contributed by atoms with Crippen LogP contribution in [0.15, 0.2) is 41.5 Å². The van der Waals surface area contributed by atoms with E-state index >= 15 is 0 Å². The second-order valence-corrected chi connectivity index (χ2v) is 6.90. The monoisotopic (exact) mass is 378 g/mol. The van der Waals surface area contributed by atoms with Gasteiger partial charge in [0.2, 0.25) is 0 Å². The number of fused-ring (bicyclic) bond motifs is 1. The molecule has 0 saturated heterocycles. The summed E-state index contributed by atoms with van der Waals surface area (Å²) in [6.45, 7) is 7.03. The molecule has 28 heavy (non-hydrogen) atoms. The average Bonchev–Trinajstić information content (AvgIpc) is 2.63. The van der Waals surface area contributed by atoms with Crippen LogP contribution in [0.5, 0.6) is 0 Å². The van der Waals surface area contributed by atoms with Crippen molar-refractivity contribution < 1.29 is 14.3 Å². The van der Waals surface area contributed by atoms with Crippen molar-refractivity contribution in [1.82, 2.24) is 9.55 Å². The molecule has 0 fully saturated rings. The number of ether oxygens (including phenoxy) is 1. The van der Waals surface area contributed by atoms with Gasteiger partial charge in [0.1, 0.15) is 13.2 Å². The zero-order chi connectivity index (χ0) is 20.4. The van der Waals surface area contributed by atoms with Crippen molar-refractivity contribution in [1.29, 1.82) is 0 Å². The lowest BCUT2D eigenvalue weighted by Crippen LogP contribution is -2.25. The highest BCUT2D eigenvalue weighted by molar-refractivity contribution is 5.97. The molecule has 2 aromatic carbocycles. The van der Waals surface area contributed by atoms with Crippen molar-refractivity contribution in [2.45, 2.75) is 40.8 Å². The molecule has 0 aliphatic carbocycles. The first-order chi connectivity index (χ1) is 13.3. The van der Waals surface area contributed by atoms with E-state index in [1.807, 2.05) is 26.8 Å². The minimum absolute atomic E-state index is 0.0173. The zero-order valence-corrected chi connectivity index (χ0v) is 16.4. The molecule has 0 N–H and O–H groups in total. The van der Waals surface area contributed by atoms with E-state index in [2.05, 4.69) is 4.98 Å². The maximum atomic E-state index is 12.5. The van der Waals surface area contributed by atoms with Gasteiger partial charge in [0.25, 0.3) is 5.56 Å². The van der Waals surface area contributed by atoms with Gasteiger partial charge < -0.3 is 4.74 Å². The van der Waals surface area contributed by atoms with Crippen LogP contribution in [0.1, 0.15) is 39.5 Å². The van der Waals surface area contributed by atoms with Crippen LogP contribution in [-0.2, 0) is 22.7 Å². The van der Waals surface area contributed by atoms with E-state index in [1.165, 1.54) is 17.8 Å². The van der Waals surface area contributed by atoms with Gasteiger partial charge in [-0.1, -0.05) is 18.2 Å². The molecule has 0 spiro atoms. The lowest BCUT2D eigenvalue weighted by atomic mass is 9.92. The van der Waals surface area contributed by atoms with Gasteiger partial charge in [-0.3, -0.25) is 19.0 Å². The lowest BCUT2D eigenvalue weighted by Gasteiger charge is -2.16. The van der Waals surface area contributed by atoms with E-state index in [-0.39, 0.29) is 24.5 Å². The van der Waals surface area contributed by atoms with Gasteiger partial charge in [-0.25, -0.2) is 4.98 Å². The molecule has 6 heteroatoms. The van der Waals surface area contributed by atoms with Crippen LogP contribution in [0.4, 0.5) is 0 Å². The smallest absolute Gasteiger partial charge is 0.326 e. The standard InChI is InChI=1S/C22H22N2O4/c1-13-9-14(2)21(16(4)25)15(3)18(13)11-28-20(26)10-24-12-23-19-8-6-5-7-17(19)22(24)27/h5-9,12H,10-11H2,1-4H3.